The minimum atomic E-state index is -0.348. The van der Waals surface area contributed by atoms with Crippen LogP contribution in [-0.4, -0.2) is 49.4 Å². The lowest BCUT2D eigenvalue weighted by Crippen LogP contribution is -2.40. The van der Waals surface area contributed by atoms with E-state index in [0.29, 0.717) is 17.1 Å². The predicted molar refractivity (Wildman–Crippen MR) is 84.6 cm³/mol. The number of rotatable bonds is 8. The number of amides is 2. The lowest BCUT2D eigenvalue weighted by atomic mass is 10.2. The molecule has 0 radical (unpaired) electrons. The molecule has 0 bridgehead atoms. The quantitative estimate of drug-likeness (QED) is 0.765. The van der Waals surface area contributed by atoms with Gasteiger partial charge in [0.25, 0.3) is 5.91 Å². The normalized spacial score (nSPS) is 10.5. The summed E-state index contributed by atoms with van der Waals surface area (Å²) < 4.78 is 0. The number of nitrogens with zero attached hydrogens (tertiary/aromatic N) is 1. The minimum absolute atomic E-state index is 0.0533. The highest BCUT2D eigenvalue weighted by Gasteiger charge is 2.10. The van der Waals surface area contributed by atoms with Gasteiger partial charge in [0, 0.05) is 13.1 Å². The van der Waals surface area contributed by atoms with Crippen LogP contribution in [0.15, 0.2) is 24.3 Å². The van der Waals surface area contributed by atoms with Gasteiger partial charge in [0.15, 0.2) is 0 Å². The molecule has 116 valence electrons. The molecule has 0 saturated heterocycles. The van der Waals surface area contributed by atoms with E-state index in [0.717, 1.165) is 19.6 Å². The third-order valence-electron chi connectivity index (χ3n) is 3.17. The highest BCUT2D eigenvalue weighted by Crippen LogP contribution is 2.14. The molecule has 5 nitrogen and oxygen atoms in total. The maximum Gasteiger partial charge on any atom is 0.253 e. The maximum absolute atomic E-state index is 11.9. The van der Waals surface area contributed by atoms with E-state index in [9.17, 15) is 9.59 Å². The van der Waals surface area contributed by atoms with Gasteiger partial charge in [0.1, 0.15) is 0 Å². The van der Waals surface area contributed by atoms with Gasteiger partial charge in [0.2, 0.25) is 5.91 Å². The number of halogens is 1. The molecule has 21 heavy (non-hydrogen) atoms. The molecular formula is C15H22ClN3O2. The van der Waals surface area contributed by atoms with Crippen LogP contribution in [0.4, 0.5) is 0 Å². The SMILES string of the molecule is CCN(CC)CCNC(=O)CNC(=O)c1ccccc1Cl. The van der Waals surface area contributed by atoms with Crippen LogP contribution in [0.1, 0.15) is 24.2 Å². The number of hydrogen-bond donors (Lipinski definition) is 2. The van der Waals surface area contributed by atoms with Gasteiger partial charge >= 0.3 is 0 Å². The average Bonchev–Trinajstić information content (AvgIpc) is 2.49. The fraction of sp³-hybridized carbons (Fsp3) is 0.467. The van der Waals surface area contributed by atoms with E-state index in [2.05, 4.69) is 29.4 Å². The molecule has 0 aliphatic heterocycles. The lowest BCUT2D eigenvalue weighted by molar-refractivity contribution is -0.120. The third-order valence-corrected chi connectivity index (χ3v) is 3.50. The zero-order chi connectivity index (χ0) is 15.7. The number of benzene rings is 1. The van der Waals surface area contributed by atoms with Crippen LogP contribution in [-0.2, 0) is 4.79 Å². The lowest BCUT2D eigenvalue weighted by Gasteiger charge is -2.18. The van der Waals surface area contributed by atoms with Gasteiger partial charge in [-0.2, -0.15) is 0 Å². The fourth-order valence-electron chi connectivity index (χ4n) is 1.86. The van der Waals surface area contributed by atoms with E-state index < -0.39 is 0 Å². The molecule has 0 aliphatic rings. The Balaban J connectivity index is 2.30. The van der Waals surface area contributed by atoms with E-state index in [4.69, 9.17) is 11.6 Å². The Bertz CT molecular complexity index is 476. The average molecular weight is 312 g/mol. The molecule has 1 aromatic carbocycles. The first kappa shape index (κ1) is 17.5. The molecule has 2 N–H and O–H groups in total. The van der Waals surface area contributed by atoms with Crippen molar-refractivity contribution in [2.45, 2.75) is 13.8 Å². The Labute approximate surface area is 130 Å². The van der Waals surface area contributed by atoms with Gasteiger partial charge in [-0.3, -0.25) is 9.59 Å². The van der Waals surface area contributed by atoms with Gasteiger partial charge < -0.3 is 15.5 Å². The summed E-state index contributed by atoms with van der Waals surface area (Å²) in [4.78, 5) is 25.7. The summed E-state index contributed by atoms with van der Waals surface area (Å²) in [6.45, 7) is 7.39. The molecule has 0 aliphatic carbocycles. The Morgan fingerprint density at radius 1 is 1.14 bits per heavy atom. The molecule has 0 atom stereocenters. The molecule has 6 heteroatoms. The van der Waals surface area contributed by atoms with Gasteiger partial charge in [-0.1, -0.05) is 37.6 Å². The largest absolute Gasteiger partial charge is 0.353 e. The molecule has 1 aromatic rings. The van der Waals surface area contributed by atoms with E-state index in [1.807, 2.05) is 0 Å². The Kier molecular flexibility index (Phi) is 7.79. The van der Waals surface area contributed by atoms with Crippen molar-refractivity contribution in [3.63, 3.8) is 0 Å². The van der Waals surface area contributed by atoms with Crippen LogP contribution < -0.4 is 10.6 Å². The van der Waals surface area contributed by atoms with Gasteiger partial charge in [0.05, 0.1) is 17.1 Å². The summed E-state index contributed by atoms with van der Waals surface area (Å²) >= 11 is 5.92. The van der Waals surface area contributed by atoms with Crippen molar-refractivity contribution in [1.29, 1.82) is 0 Å². The number of nitrogens with one attached hydrogen (secondary N) is 2. The first-order valence-corrected chi connectivity index (χ1v) is 7.48. The Hall–Kier alpha value is -1.59. The first-order valence-electron chi connectivity index (χ1n) is 7.10. The Morgan fingerprint density at radius 2 is 1.81 bits per heavy atom. The van der Waals surface area contributed by atoms with Crippen molar-refractivity contribution in [2.24, 2.45) is 0 Å². The van der Waals surface area contributed by atoms with E-state index >= 15 is 0 Å². The topological polar surface area (TPSA) is 61.4 Å². The zero-order valence-corrected chi connectivity index (χ0v) is 13.2. The summed E-state index contributed by atoms with van der Waals surface area (Å²) in [5, 5.41) is 5.70. The Morgan fingerprint density at radius 3 is 2.43 bits per heavy atom. The second-order valence-corrected chi connectivity index (χ2v) is 4.95. The van der Waals surface area contributed by atoms with Crippen LogP contribution in [0, 0.1) is 0 Å². The summed E-state index contributed by atoms with van der Waals surface area (Å²) in [5.74, 6) is -0.554. The van der Waals surface area contributed by atoms with E-state index in [-0.39, 0.29) is 18.4 Å². The molecule has 2 amide bonds. The van der Waals surface area contributed by atoms with Gasteiger partial charge in [-0.05, 0) is 25.2 Å². The summed E-state index contributed by atoms with van der Waals surface area (Å²) in [6, 6.07) is 6.74. The zero-order valence-electron chi connectivity index (χ0n) is 12.5. The highest BCUT2D eigenvalue weighted by molar-refractivity contribution is 6.33. The number of likely N-dealkylation sites (N-methyl/N-ethyl adjacent to an activating group) is 1. The van der Waals surface area contributed by atoms with Crippen LogP contribution in [0.5, 0.6) is 0 Å². The van der Waals surface area contributed by atoms with Crippen molar-refractivity contribution in [2.75, 3.05) is 32.7 Å². The maximum atomic E-state index is 11.9. The summed E-state index contributed by atoms with van der Waals surface area (Å²) in [6.07, 6.45) is 0. The van der Waals surface area contributed by atoms with Gasteiger partial charge in [-0.15, -0.1) is 0 Å². The van der Waals surface area contributed by atoms with Crippen molar-refractivity contribution >= 4 is 23.4 Å². The van der Waals surface area contributed by atoms with Crippen LogP contribution >= 0.6 is 11.6 Å². The molecule has 0 fully saturated rings. The number of hydrogen-bond acceptors (Lipinski definition) is 3. The van der Waals surface area contributed by atoms with Crippen LogP contribution in [0.2, 0.25) is 5.02 Å². The van der Waals surface area contributed by atoms with Gasteiger partial charge in [-0.25, -0.2) is 0 Å². The fourth-order valence-corrected chi connectivity index (χ4v) is 2.08. The monoisotopic (exact) mass is 311 g/mol. The van der Waals surface area contributed by atoms with Crippen molar-refractivity contribution in [1.82, 2.24) is 15.5 Å². The van der Waals surface area contributed by atoms with Crippen LogP contribution in [0.25, 0.3) is 0 Å². The standard InChI is InChI=1S/C15H22ClN3O2/c1-3-19(4-2)10-9-17-14(20)11-18-15(21)12-7-5-6-8-13(12)16/h5-8H,3-4,9-11H2,1-2H3,(H,17,20)(H,18,21). The first-order chi connectivity index (χ1) is 10.1. The summed E-state index contributed by atoms with van der Waals surface area (Å²) in [5.41, 5.74) is 0.370. The minimum Gasteiger partial charge on any atom is -0.353 e. The molecular weight excluding hydrogens is 290 g/mol. The third kappa shape index (κ3) is 6.14. The highest BCUT2D eigenvalue weighted by atomic mass is 35.5. The van der Waals surface area contributed by atoms with Crippen LogP contribution in [0.3, 0.4) is 0 Å². The molecule has 0 saturated carbocycles. The van der Waals surface area contributed by atoms with Crippen molar-refractivity contribution in [3.05, 3.63) is 34.9 Å². The summed E-state index contributed by atoms with van der Waals surface area (Å²) in [7, 11) is 0. The number of carbonyl (C=O) groups excluding carboxylic acids is 2. The van der Waals surface area contributed by atoms with Crippen molar-refractivity contribution < 1.29 is 9.59 Å². The number of carbonyl (C=O) groups is 2. The molecule has 1 rings (SSSR count). The molecule has 0 aromatic heterocycles. The predicted octanol–water partition coefficient (Wildman–Crippen LogP) is 1.53. The second-order valence-electron chi connectivity index (χ2n) is 4.54. The van der Waals surface area contributed by atoms with E-state index in [1.165, 1.54) is 0 Å². The molecule has 0 heterocycles. The molecule has 0 unspecified atom stereocenters. The smallest absolute Gasteiger partial charge is 0.253 e. The van der Waals surface area contributed by atoms with E-state index in [1.54, 1.807) is 24.3 Å². The second kappa shape index (κ2) is 9.37. The molecule has 0 spiro atoms. The van der Waals surface area contributed by atoms with Crippen molar-refractivity contribution in [3.8, 4) is 0 Å².